The summed E-state index contributed by atoms with van der Waals surface area (Å²) in [5.41, 5.74) is 0. The summed E-state index contributed by atoms with van der Waals surface area (Å²) >= 11 is 0. The second kappa shape index (κ2) is 24.6. The van der Waals surface area contributed by atoms with E-state index in [0.29, 0.717) is 50.2 Å². The quantitative estimate of drug-likeness (QED) is 0.0660. The number of carbonyl (C=O) groups is 1. The average molecular weight is 611 g/mol. The molecule has 0 bridgehead atoms. The molecular formula is C30H62N2O8S. The molecule has 3 N–H and O–H groups in total. The van der Waals surface area contributed by atoms with E-state index in [1.807, 2.05) is 21.0 Å². The number of aliphatic hydroxyl groups is 2. The van der Waals surface area contributed by atoms with Crippen molar-refractivity contribution in [2.24, 2.45) is 0 Å². The number of nitrogens with zero attached hydrogens (tertiary/aromatic N) is 1. The molecule has 3 unspecified atom stereocenters. The minimum absolute atomic E-state index is 0.0216. The highest BCUT2D eigenvalue weighted by Gasteiger charge is 2.22. The maximum Gasteiger partial charge on any atom is 0.219 e. The van der Waals surface area contributed by atoms with Crippen LogP contribution in [-0.4, -0.2) is 111 Å². The summed E-state index contributed by atoms with van der Waals surface area (Å²) in [5.74, 6) is -0.761. The fourth-order valence-electron chi connectivity index (χ4n) is 5.04. The SMILES string of the molecule is CCCCCCCCC(O)C(CCCCCCCC(=O)NCCC[N+](C)(C)CC(O)CS(=O)(=O)[O-])OCCOCC. The Hall–Kier alpha value is -0.820. The molecule has 0 saturated heterocycles. The molecule has 11 heteroatoms. The van der Waals surface area contributed by atoms with Crippen molar-refractivity contribution in [1.29, 1.82) is 0 Å². The minimum Gasteiger partial charge on any atom is -0.748 e. The molecule has 41 heavy (non-hydrogen) atoms. The zero-order chi connectivity index (χ0) is 31.0. The average Bonchev–Trinajstić information content (AvgIpc) is 2.87. The molecule has 0 heterocycles. The number of likely N-dealkylation sites (N-methyl/N-ethyl adjacent to an activating group) is 1. The summed E-state index contributed by atoms with van der Waals surface area (Å²) in [4.78, 5) is 12.1. The number of hydrogen-bond acceptors (Lipinski definition) is 8. The van der Waals surface area contributed by atoms with Crippen molar-refractivity contribution in [3.05, 3.63) is 0 Å². The van der Waals surface area contributed by atoms with Gasteiger partial charge in [-0.15, -0.1) is 0 Å². The normalized spacial score (nSPS) is 14.6. The van der Waals surface area contributed by atoms with Crippen LogP contribution in [0.3, 0.4) is 0 Å². The first-order valence-corrected chi connectivity index (χ1v) is 17.6. The number of nitrogens with one attached hydrogen (secondary N) is 1. The van der Waals surface area contributed by atoms with Gasteiger partial charge >= 0.3 is 0 Å². The van der Waals surface area contributed by atoms with E-state index in [1.54, 1.807) is 0 Å². The van der Waals surface area contributed by atoms with Crippen LogP contribution in [0.2, 0.25) is 0 Å². The van der Waals surface area contributed by atoms with Crippen LogP contribution in [0, 0.1) is 0 Å². The summed E-state index contributed by atoms with van der Waals surface area (Å²) < 4.78 is 44.1. The second-order valence-corrected chi connectivity index (χ2v) is 13.4. The van der Waals surface area contributed by atoms with Crippen molar-refractivity contribution in [3.8, 4) is 0 Å². The Morgan fingerprint density at radius 3 is 2.12 bits per heavy atom. The topological polar surface area (TPSA) is 145 Å². The lowest BCUT2D eigenvalue weighted by Crippen LogP contribution is -2.48. The molecule has 0 fully saturated rings. The Labute approximate surface area is 250 Å². The molecule has 0 aliphatic heterocycles. The summed E-state index contributed by atoms with van der Waals surface area (Å²) in [6, 6.07) is 0. The van der Waals surface area contributed by atoms with Crippen LogP contribution in [0.5, 0.6) is 0 Å². The molecule has 0 aromatic carbocycles. The fraction of sp³-hybridized carbons (Fsp3) is 0.967. The third kappa shape index (κ3) is 26.5. The van der Waals surface area contributed by atoms with Crippen LogP contribution in [0.15, 0.2) is 0 Å². The summed E-state index contributed by atoms with van der Waals surface area (Å²) in [6.07, 6.45) is 13.1. The van der Waals surface area contributed by atoms with Crippen molar-refractivity contribution in [2.45, 2.75) is 128 Å². The summed E-state index contributed by atoms with van der Waals surface area (Å²) in [5, 5.41) is 23.5. The lowest BCUT2D eigenvalue weighted by Gasteiger charge is -2.32. The van der Waals surface area contributed by atoms with Gasteiger partial charge in [-0.25, -0.2) is 8.42 Å². The number of amides is 1. The maximum absolute atomic E-state index is 12.1. The highest BCUT2D eigenvalue weighted by molar-refractivity contribution is 7.85. The molecule has 0 aliphatic carbocycles. The van der Waals surface area contributed by atoms with Gasteiger partial charge in [0.15, 0.2) is 0 Å². The molecule has 246 valence electrons. The zero-order valence-corrected chi connectivity index (χ0v) is 27.3. The van der Waals surface area contributed by atoms with Gasteiger partial charge in [0.1, 0.15) is 12.6 Å². The van der Waals surface area contributed by atoms with Gasteiger partial charge in [-0.1, -0.05) is 71.1 Å². The van der Waals surface area contributed by atoms with Crippen molar-refractivity contribution < 1.29 is 41.9 Å². The lowest BCUT2D eigenvalue weighted by atomic mass is 9.99. The van der Waals surface area contributed by atoms with Crippen molar-refractivity contribution in [1.82, 2.24) is 5.32 Å². The predicted octanol–water partition coefficient (Wildman–Crippen LogP) is 3.74. The molecule has 0 rings (SSSR count). The van der Waals surface area contributed by atoms with Crippen molar-refractivity contribution >= 4 is 16.0 Å². The summed E-state index contributed by atoms with van der Waals surface area (Å²) in [7, 11) is -0.745. The van der Waals surface area contributed by atoms with E-state index in [1.165, 1.54) is 25.7 Å². The van der Waals surface area contributed by atoms with Gasteiger partial charge in [-0.05, 0) is 26.2 Å². The van der Waals surface area contributed by atoms with Gasteiger partial charge in [0.05, 0.1) is 61.9 Å². The van der Waals surface area contributed by atoms with Crippen LogP contribution >= 0.6 is 0 Å². The second-order valence-electron chi connectivity index (χ2n) is 12.0. The van der Waals surface area contributed by atoms with E-state index >= 15 is 0 Å². The first-order chi connectivity index (χ1) is 19.4. The number of hydrogen-bond donors (Lipinski definition) is 3. The number of ether oxygens (including phenoxy) is 2. The van der Waals surface area contributed by atoms with E-state index in [4.69, 9.17) is 9.47 Å². The molecule has 0 spiro atoms. The first-order valence-electron chi connectivity index (χ1n) is 16.0. The monoisotopic (exact) mass is 610 g/mol. The van der Waals surface area contributed by atoms with E-state index in [-0.39, 0.29) is 18.6 Å². The minimum atomic E-state index is -4.46. The molecule has 0 aromatic heterocycles. The van der Waals surface area contributed by atoms with E-state index in [0.717, 1.165) is 57.8 Å². The molecular weight excluding hydrogens is 548 g/mol. The van der Waals surface area contributed by atoms with E-state index in [2.05, 4.69) is 12.2 Å². The van der Waals surface area contributed by atoms with Gasteiger partial charge in [-0.2, -0.15) is 0 Å². The predicted molar refractivity (Wildman–Crippen MR) is 163 cm³/mol. The Morgan fingerprint density at radius 1 is 0.878 bits per heavy atom. The van der Waals surface area contributed by atoms with Crippen LogP contribution in [0.4, 0.5) is 0 Å². The highest BCUT2D eigenvalue weighted by atomic mass is 32.2. The van der Waals surface area contributed by atoms with Gasteiger partial charge in [0, 0.05) is 26.0 Å². The van der Waals surface area contributed by atoms with Crippen molar-refractivity contribution in [3.63, 3.8) is 0 Å². The Bertz CT molecular complexity index is 736. The van der Waals surface area contributed by atoms with Gasteiger partial charge < -0.3 is 34.0 Å². The number of aliphatic hydroxyl groups excluding tert-OH is 2. The molecule has 10 nitrogen and oxygen atoms in total. The Morgan fingerprint density at radius 2 is 1.49 bits per heavy atom. The molecule has 1 amide bonds. The molecule has 0 aliphatic rings. The number of unbranched alkanes of at least 4 members (excludes halogenated alkanes) is 9. The van der Waals surface area contributed by atoms with Crippen LogP contribution in [0.25, 0.3) is 0 Å². The smallest absolute Gasteiger partial charge is 0.219 e. The van der Waals surface area contributed by atoms with Gasteiger partial charge in [0.25, 0.3) is 0 Å². The number of carbonyl (C=O) groups excluding carboxylic acids is 1. The third-order valence-corrected chi connectivity index (χ3v) is 8.10. The summed E-state index contributed by atoms with van der Waals surface area (Å²) in [6.45, 7) is 7.21. The maximum atomic E-state index is 12.1. The molecule has 3 atom stereocenters. The number of rotatable bonds is 29. The van der Waals surface area contributed by atoms with Crippen LogP contribution < -0.4 is 5.32 Å². The van der Waals surface area contributed by atoms with E-state index < -0.39 is 28.1 Å². The largest absolute Gasteiger partial charge is 0.748 e. The molecule has 0 aromatic rings. The number of quaternary nitrogens is 1. The Balaban J connectivity index is 4.06. The molecule has 0 radical (unpaired) electrons. The van der Waals surface area contributed by atoms with Crippen LogP contribution in [-0.2, 0) is 24.4 Å². The van der Waals surface area contributed by atoms with E-state index in [9.17, 15) is 28.0 Å². The third-order valence-electron chi connectivity index (χ3n) is 7.30. The fourth-order valence-corrected chi connectivity index (χ4v) is 5.62. The highest BCUT2D eigenvalue weighted by Crippen LogP contribution is 2.18. The van der Waals surface area contributed by atoms with Gasteiger partial charge in [0.2, 0.25) is 5.91 Å². The lowest BCUT2D eigenvalue weighted by molar-refractivity contribution is -0.893. The standard InChI is InChI=1S/C30H62N2O8S/c1-5-7-8-9-11-14-18-28(34)29(40-24-23-39-6-2)19-15-12-10-13-16-20-30(35)31-21-17-22-32(3,4)25-27(33)26-41(36,37)38/h27-29,33-34H,5-26H2,1-4H3,(H-,31,35,36,37,38). The Kier molecular flexibility index (Phi) is 24.1. The van der Waals surface area contributed by atoms with Crippen molar-refractivity contribution in [2.75, 3.05) is 59.3 Å². The first kappa shape index (κ1) is 40.2. The molecule has 0 saturated carbocycles. The van der Waals surface area contributed by atoms with Gasteiger partial charge in [-0.3, -0.25) is 4.79 Å². The van der Waals surface area contributed by atoms with Crippen LogP contribution in [0.1, 0.15) is 110 Å². The zero-order valence-electron chi connectivity index (χ0n) is 26.5.